The van der Waals surface area contributed by atoms with Crippen LogP contribution in [0.1, 0.15) is 56.8 Å². The quantitative estimate of drug-likeness (QED) is 0.328. The Labute approximate surface area is 231 Å². The molecule has 2 atom stereocenters. The molecule has 0 spiro atoms. The first kappa shape index (κ1) is 31.0. The molecule has 0 aliphatic carbocycles. The van der Waals surface area contributed by atoms with Crippen LogP contribution in [0.25, 0.3) is 0 Å². The maximum absolute atomic E-state index is 14.0. The summed E-state index contributed by atoms with van der Waals surface area (Å²) in [6, 6.07) is 13.4. The Balaban J connectivity index is 2.50. The Hall–Kier alpha value is -3.26. The molecular weight excluding hydrogens is 498 g/mol. The zero-order valence-corrected chi connectivity index (χ0v) is 24.2. The van der Waals surface area contributed by atoms with Gasteiger partial charge in [0.05, 0.1) is 0 Å². The SMILES string of the molecule is C=CCN(C(=O)C(CCSC)NC(=O)OC(C)(C)C)C(C(=O)Nc1ccccc1C)c1ccc(CC)cc1. The van der Waals surface area contributed by atoms with E-state index in [0.29, 0.717) is 23.4 Å². The highest BCUT2D eigenvalue weighted by Gasteiger charge is 2.35. The molecule has 2 aromatic rings. The highest BCUT2D eigenvalue weighted by Crippen LogP contribution is 2.26. The standard InChI is InChI=1S/C30H41N3O4S/c1-8-19-33(28(35)25(18-20-38-7)32-29(36)37-30(4,5)6)26(23-16-14-22(9-2)15-17-23)27(34)31-24-13-11-10-12-21(24)3/h8,10-17,25-26H,1,9,18-20H2,2-7H3,(H,31,34)(H,32,36). The molecule has 0 saturated heterocycles. The van der Waals surface area contributed by atoms with Crippen LogP contribution in [0, 0.1) is 6.92 Å². The molecule has 0 aliphatic rings. The highest BCUT2D eigenvalue weighted by molar-refractivity contribution is 7.98. The number of hydrogen-bond acceptors (Lipinski definition) is 5. The normalized spacial score (nSPS) is 12.7. The molecule has 38 heavy (non-hydrogen) atoms. The zero-order valence-electron chi connectivity index (χ0n) is 23.4. The molecule has 0 heterocycles. The fourth-order valence-corrected chi connectivity index (χ4v) is 4.40. The van der Waals surface area contributed by atoms with Crippen molar-refractivity contribution in [3.8, 4) is 0 Å². The van der Waals surface area contributed by atoms with Crippen molar-refractivity contribution in [3.05, 3.63) is 77.9 Å². The first-order valence-corrected chi connectivity index (χ1v) is 14.2. The zero-order chi connectivity index (χ0) is 28.3. The summed E-state index contributed by atoms with van der Waals surface area (Å²) in [4.78, 5) is 42.0. The first-order chi connectivity index (χ1) is 18.0. The van der Waals surface area contributed by atoms with Crippen LogP contribution in [0.4, 0.5) is 10.5 Å². The summed E-state index contributed by atoms with van der Waals surface area (Å²) < 4.78 is 5.42. The van der Waals surface area contributed by atoms with E-state index in [1.807, 2.05) is 61.7 Å². The molecule has 2 aromatic carbocycles. The number of nitrogens with zero attached hydrogens (tertiary/aromatic N) is 1. The van der Waals surface area contributed by atoms with Gasteiger partial charge in [-0.05, 0) is 75.3 Å². The number of nitrogens with one attached hydrogen (secondary N) is 2. The minimum atomic E-state index is -0.941. The molecule has 2 rings (SSSR count). The largest absolute Gasteiger partial charge is 0.444 e. The minimum absolute atomic E-state index is 0.117. The summed E-state index contributed by atoms with van der Waals surface area (Å²) in [5.74, 6) is -0.0895. The minimum Gasteiger partial charge on any atom is -0.444 e. The van der Waals surface area contributed by atoms with Crippen LogP contribution in [0.2, 0.25) is 0 Å². The molecule has 206 valence electrons. The molecule has 0 saturated carbocycles. The van der Waals surface area contributed by atoms with E-state index in [4.69, 9.17) is 4.74 Å². The molecule has 2 unspecified atom stereocenters. The van der Waals surface area contributed by atoms with Crippen molar-refractivity contribution in [2.24, 2.45) is 0 Å². The van der Waals surface area contributed by atoms with Gasteiger partial charge in [-0.1, -0.05) is 55.5 Å². The summed E-state index contributed by atoms with van der Waals surface area (Å²) >= 11 is 1.57. The number of carbonyl (C=O) groups is 3. The van der Waals surface area contributed by atoms with E-state index in [2.05, 4.69) is 24.1 Å². The van der Waals surface area contributed by atoms with E-state index in [1.165, 1.54) is 4.90 Å². The van der Waals surface area contributed by atoms with Crippen molar-refractivity contribution in [1.82, 2.24) is 10.2 Å². The summed E-state index contributed by atoms with van der Waals surface area (Å²) in [5.41, 5.74) is 2.66. The fourth-order valence-electron chi connectivity index (χ4n) is 3.93. The second-order valence-corrected chi connectivity index (χ2v) is 11.0. The van der Waals surface area contributed by atoms with Gasteiger partial charge in [0.1, 0.15) is 17.7 Å². The number of hydrogen-bond donors (Lipinski definition) is 2. The molecule has 0 fully saturated rings. The number of para-hydroxylation sites is 1. The van der Waals surface area contributed by atoms with E-state index in [0.717, 1.165) is 17.5 Å². The van der Waals surface area contributed by atoms with E-state index in [-0.39, 0.29) is 18.4 Å². The molecule has 0 aromatic heterocycles. The average Bonchev–Trinajstić information content (AvgIpc) is 2.86. The van der Waals surface area contributed by atoms with Gasteiger partial charge >= 0.3 is 6.09 Å². The van der Waals surface area contributed by atoms with E-state index in [9.17, 15) is 14.4 Å². The van der Waals surface area contributed by atoms with Gasteiger partial charge in [-0.3, -0.25) is 9.59 Å². The average molecular weight is 540 g/mol. The Kier molecular flexibility index (Phi) is 11.9. The Morgan fingerprint density at radius 3 is 2.32 bits per heavy atom. The monoisotopic (exact) mass is 539 g/mol. The lowest BCUT2D eigenvalue weighted by molar-refractivity contribution is -0.140. The summed E-state index contributed by atoms with van der Waals surface area (Å²) in [6.07, 6.45) is 4.08. The van der Waals surface area contributed by atoms with Crippen LogP contribution < -0.4 is 10.6 Å². The number of carbonyl (C=O) groups excluding carboxylic acids is 3. The molecule has 8 heteroatoms. The lowest BCUT2D eigenvalue weighted by Gasteiger charge is -2.34. The number of anilines is 1. The number of benzene rings is 2. The van der Waals surface area contributed by atoms with Gasteiger partial charge < -0.3 is 20.3 Å². The lowest BCUT2D eigenvalue weighted by atomic mass is 10.00. The van der Waals surface area contributed by atoms with Crippen molar-refractivity contribution >= 4 is 35.4 Å². The third-order valence-electron chi connectivity index (χ3n) is 5.88. The lowest BCUT2D eigenvalue weighted by Crippen LogP contribution is -2.52. The van der Waals surface area contributed by atoms with Crippen LogP contribution >= 0.6 is 11.8 Å². The van der Waals surface area contributed by atoms with E-state index in [1.54, 1.807) is 38.6 Å². The predicted molar refractivity (Wildman–Crippen MR) is 156 cm³/mol. The first-order valence-electron chi connectivity index (χ1n) is 12.9. The Bertz CT molecular complexity index is 1100. The van der Waals surface area contributed by atoms with Gasteiger partial charge in [0.2, 0.25) is 5.91 Å². The van der Waals surface area contributed by atoms with Crippen molar-refractivity contribution in [2.75, 3.05) is 23.9 Å². The molecule has 0 aliphatic heterocycles. The Morgan fingerprint density at radius 2 is 1.76 bits per heavy atom. The molecule has 7 nitrogen and oxygen atoms in total. The predicted octanol–water partition coefficient (Wildman–Crippen LogP) is 5.90. The van der Waals surface area contributed by atoms with Gasteiger partial charge in [0.15, 0.2) is 0 Å². The molecule has 3 amide bonds. The maximum atomic E-state index is 14.0. The van der Waals surface area contributed by atoms with E-state index >= 15 is 0 Å². The van der Waals surface area contributed by atoms with Crippen molar-refractivity contribution in [1.29, 1.82) is 0 Å². The number of thioether (sulfide) groups is 1. The topological polar surface area (TPSA) is 87.7 Å². The van der Waals surface area contributed by atoms with Gasteiger partial charge in [-0.15, -0.1) is 6.58 Å². The summed E-state index contributed by atoms with van der Waals surface area (Å²) in [6.45, 7) is 13.2. The molecule has 0 bridgehead atoms. The fraction of sp³-hybridized carbons (Fsp3) is 0.433. The van der Waals surface area contributed by atoms with Crippen LogP contribution in [-0.4, -0.2) is 53.0 Å². The number of alkyl carbamates (subject to hydrolysis) is 1. The third kappa shape index (κ3) is 9.24. The van der Waals surface area contributed by atoms with Crippen LogP contribution in [-0.2, 0) is 20.7 Å². The Morgan fingerprint density at radius 1 is 1.11 bits per heavy atom. The molecule has 0 radical (unpaired) electrons. The number of ether oxygens (including phenoxy) is 1. The van der Waals surface area contributed by atoms with Crippen LogP contribution in [0.15, 0.2) is 61.2 Å². The van der Waals surface area contributed by atoms with Crippen molar-refractivity contribution in [3.63, 3.8) is 0 Å². The van der Waals surface area contributed by atoms with Crippen LogP contribution in [0.3, 0.4) is 0 Å². The molecule has 2 N–H and O–H groups in total. The van der Waals surface area contributed by atoms with Crippen molar-refractivity contribution in [2.45, 2.75) is 65.1 Å². The van der Waals surface area contributed by atoms with Gasteiger partial charge in [0, 0.05) is 12.2 Å². The third-order valence-corrected chi connectivity index (χ3v) is 6.52. The number of amides is 3. The number of aryl methyl sites for hydroxylation is 2. The van der Waals surface area contributed by atoms with Gasteiger partial charge in [-0.2, -0.15) is 11.8 Å². The van der Waals surface area contributed by atoms with Crippen molar-refractivity contribution < 1.29 is 19.1 Å². The smallest absolute Gasteiger partial charge is 0.408 e. The second kappa shape index (κ2) is 14.6. The van der Waals surface area contributed by atoms with E-state index < -0.39 is 23.8 Å². The van der Waals surface area contributed by atoms with Gasteiger partial charge in [-0.25, -0.2) is 4.79 Å². The second-order valence-electron chi connectivity index (χ2n) is 10.1. The summed E-state index contributed by atoms with van der Waals surface area (Å²) in [7, 11) is 0. The highest BCUT2D eigenvalue weighted by atomic mass is 32.2. The molecular formula is C30H41N3O4S. The summed E-state index contributed by atoms with van der Waals surface area (Å²) in [5, 5.41) is 5.74. The number of rotatable bonds is 12. The van der Waals surface area contributed by atoms with Gasteiger partial charge in [0.25, 0.3) is 5.91 Å². The maximum Gasteiger partial charge on any atom is 0.408 e. The van der Waals surface area contributed by atoms with Crippen LogP contribution in [0.5, 0.6) is 0 Å².